The summed E-state index contributed by atoms with van der Waals surface area (Å²) in [5, 5.41) is 10.1. The van der Waals surface area contributed by atoms with Gasteiger partial charge in [-0.25, -0.2) is 0 Å². The van der Waals surface area contributed by atoms with Gasteiger partial charge in [-0.05, 0) is 19.4 Å². The summed E-state index contributed by atoms with van der Waals surface area (Å²) in [4.78, 5) is 10.1. The summed E-state index contributed by atoms with van der Waals surface area (Å²) in [6.45, 7) is 5.67. The van der Waals surface area contributed by atoms with Gasteiger partial charge in [0.15, 0.2) is 0 Å². The van der Waals surface area contributed by atoms with Crippen LogP contribution >= 0.6 is 0 Å². The van der Waals surface area contributed by atoms with Crippen molar-refractivity contribution in [3.05, 3.63) is 35.9 Å². The van der Waals surface area contributed by atoms with Crippen LogP contribution in [-0.4, -0.2) is 19.2 Å². The molecule has 3 nitrogen and oxygen atoms in total. The van der Waals surface area contributed by atoms with Gasteiger partial charge in [0.05, 0.1) is 5.97 Å². The van der Waals surface area contributed by atoms with E-state index in [0.29, 0.717) is 0 Å². The zero-order valence-electron chi connectivity index (χ0n) is 8.53. The zero-order chi connectivity index (χ0) is 10.8. The standard InChI is InChI=1S/C7H6O2.C4H10O/c8-7(9)6-4-2-1-3-5-6;1-3-5-4-2/h1-5H,(H,8,9);3-4H2,1-2H3/p-1. The number of carbonyl (C=O) groups excluding carboxylic acids is 1. The van der Waals surface area contributed by atoms with Crippen LogP contribution in [0.25, 0.3) is 0 Å². The third-order valence-corrected chi connectivity index (χ3v) is 1.42. The van der Waals surface area contributed by atoms with E-state index in [1.165, 1.54) is 12.1 Å². The van der Waals surface area contributed by atoms with E-state index in [2.05, 4.69) is 0 Å². The minimum Gasteiger partial charge on any atom is -0.545 e. The molecule has 0 aliphatic carbocycles. The van der Waals surface area contributed by atoms with Crippen LogP contribution in [0.2, 0.25) is 0 Å². The number of carboxylic acid groups (broad SMARTS) is 1. The predicted octanol–water partition coefficient (Wildman–Crippen LogP) is 1.09. The molecule has 0 spiro atoms. The minimum atomic E-state index is -1.13. The first kappa shape index (κ1) is 12.7. The van der Waals surface area contributed by atoms with Crippen LogP contribution in [0.1, 0.15) is 24.2 Å². The Balaban J connectivity index is 0.000000292. The van der Waals surface area contributed by atoms with Crippen molar-refractivity contribution in [1.29, 1.82) is 0 Å². The highest BCUT2D eigenvalue weighted by atomic mass is 16.5. The number of ether oxygens (including phenoxy) is 1. The highest BCUT2D eigenvalue weighted by Gasteiger charge is 1.85. The van der Waals surface area contributed by atoms with Gasteiger partial charge in [0.2, 0.25) is 0 Å². The summed E-state index contributed by atoms with van der Waals surface area (Å²) in [7, 11) is 0. The van der Waals surface area contributed by atoms with Crippen LogP contribution in [-0.2, 0) is 4.74 Å². The molecule has 0 atom stereocenters. The first-order valence-electron chi connectivity index (χ1n) is 4.56. The van der Waals surface area contributed by atoms with Gasteiger partial charge in [0.1, 0.15) is 0 Å². The molecule has 0 aliphatic heterocycles. The normalized spacial score (nSPS) is 8.71. The number of hydrogen-bond acceptors (Lipinski definition) is 3. The lowest BCUT2D eigenvalue weighted by Crippen LogP contribution is -2.21. The quantitative estimate of drug-likeness (QED) is 0.725. The lowest BCUT2D eigenvalue weighted by atomic mass is 10.2. The van der Waals surface area contributed by atoms with Crippen molar-refractivity contribution < 1.29 is 14.6 Å². The third-order valence-electron chi connectivity index (χ3n) is 1.42. The van der Waals surface area contributed by atoms with E-state index >= 15 is 0 Å². The second-order valence-corrected chi connectivity index (χ2v) is 2.43. The molecule has 0 unspecified atom stereocenters. The molecule has 0 radical (unpaired) electrons. The highest BCUT2D eigenvalue weighted by Crippen LogP contribution is 1.94. The number of aromatic carboxylic acids is 1. The molecule has 14 heavy (non-hydrogen) atoms. The van der Waals surface area contributed by atoms with Gasteiger partial charge in [0, 0.05) is 13.2 Å². The van der Waals surface area contributed by atoms with E-state index in [0.717, 1.165) is 13.2 Å². The van der Waals surface area contributed by atoms with Crippen molar-refractivity contribution in [2.75, 3.05) is 13.2 Å². The SMILES string of the molecule is CCOCC.O=C([O-])c1ccccc1. The molecule has 1 aromatic carbocycles. The number of benzene rings is 1. The number of rotatable bonds is 3. The van der Waals surface area contributed by atoms with Crippen LogP contribution in [0.3, 0.4) is 0 Å². The summed E-state index contributed by atoms with van der Waals surface area (Å²) in [6.07, 6.45) is 0. The Morgan fingerprint density at radius 3 is 1.93 bits per heavy atom. The van der Waals surface area contributed by atoms with Crippen LogP contribution in [0, 0.1) is 0 Å². The molecule has 0 aromatic heterocycles. The Morgan fingerprint density at radius 1 is 1.21 bits per heavy atom. The minimum absolute atomic E-state index is 0.220. The van der Waals surface area contributed by atoms with Crippen molar-refractivity contribution in [3.63, 3.8) is 0 Å². The molecule has 0 aliphatic rings. The lowest BCUT2D eigenvalue weighted by Gasteiger charge is -1.97. The highest BCUT2D eigenvalue weighted by molar-refractivity contribution is 5.85. The molecule has 0 saturated heterocycles. The largest absolute Gasteiger partial charge is 0.545 e. The molecule has 0 bridgehead atoms. The predicted molar refractivity (Wildman–Crippen MR) is 52.9 cm³/mol. The van der Waals surface area contributed by atoms with Gasteiger partial charge >= 0.3 is 0 Å². The van der Waals surface area contributed by atoms with Crippen molar-refractivity contribution in [2.45, 2.75) is 13.8 Å². The number of carbonyl (C=O) groups is 1. The van der Waals surface area contributed by atoms with Gasteiger partial charge in [-0.3, -0.25) is 0 Å². The molecule has 0 saturated carbocycles. The van der Waals surface area contributed by atoms with Crippen molar-refractivity contribution in [3.8, 4) is 0 Å². The molecular weight excluding hydrogens is 180 g/mol. The summed E-state index contributed by atoms with van der Waals surface area (Å²) in [5.74, 6) is -1.13. The second-order valence-electron chi connectivity index (χ2n) is 2.43. The molecule has 1 rings (SSSR count). The van der Waals surface area contributed by atoms with Crippen LogP contribution in [0.15, 0.2) is 30.3 Å². The van der Waals surface area contributed by atoms with E-state index in [9.17, 15) is 9.90 Å². The fraction of sp³-hybridized carbons (Fsp3) is 0.364. The van der Waals surface area contributed by atoms with Crippen LogP contribution in [0.4, 0.5) is 0 Å². The molecule has 0 amide bonds. The molecule has 3 heteroatoms. The first-order valence-corrected chi connectivity index (χ1v) is 4.56. The maximum atomic E-state index is 10.1. The maximum Gasteiger partial charge on any atom is 0.0715 e. The smallest absolute Gasteiger partial charge is 0.0715 e. The number of carboxylic acids is 1. The van der Waals surface area contributed by atoms with Gasteiger partial charge in [-0.2, -0.15) is 0 Å². The Bertz CT molecular complexity index is 242. The molecule has 78 valence electrons. The molecule has 0 heterocycles. The van der Waals surface area contributed by atoms with Gasteiger partial charge in [-0.1, -0.05) is 30.3 Å². The van der Waals surface area contributed by atoms with E-state index in [4.69, 9.17) is 4.74 Å². The molecule has 0 N–H and O–H groups in total. The fourth-order valence-electron chi connectivity index (χ4n) is 0.778. The molecular formula is C11H15O3-. The maximum absolute atomic E-state index is 10.1. The Hall–Kier alpha value is -1.35. The van der Waals surface area contributed by atoms with Crippen LogP contribution < -0.4 is 5.11 Å². The topological polar surface area (TPSA) is 49.4 Å². The Labute approximate surface area is 84.3 Å². The number of hydrogen-bond donors (Lipinski definition) is 0. The summed E-state index contributed by atoms with van der Waals surface area (Å²) in [5.41, 5.74) is 0.220. The van der Waals surface area contributed by atoms with Crippen molar-refractivity contribution in [2.24, 2.45) is 0 Å². The molecule has 1 aromatic rings. The van der Waals surface area contributed by atoms with Gasteiger partial charge in [-0.15, -0.1) is 0 Å². The summed E-state index contributed by atoms with van der Waals surface area (Å²) in [6, 6.07) is 8.06. The Morgan fingerprint density at radius 2 is 1.71 bits per heavy atom. The second kappa shape index (κ2) is 8.26. The average Bonchev–Trinajstić information content (AvgIpc) is 2.21. The lowest BCUT2D eigenvalue weighted by molar-refractivity contribution is -0.255. The Kier molecular flexibility index (Phi) is 7.46. The van der Waals surface area contributed by atoms with E-state index < -0.39 is 5.97 Å². The van der Waals surface area contributed by atoms with Crippen LogP contribution in [0.5, 0.6) is 0 Å². The van der Waals surface area contributed by atoms with E-state index in [-0.39, 0.29) is 5.56 Å². The summed E-state index contributed by atoms with van der Waals surface area (Å²) < 4.78 is 4.83. The third kappa shape index (κ3) is 6.20. The van der Waals surface area contributed by atoms with Gasteiger partial charge < -0.3 is 14.6 Å². The summed E-state index contributed by atoms with van der Waals surface area (Å²) >= 11 is 0. The monoisotopic (exact) mass is 195 g/mol. The first-order chi connectivity index (χ1) is 6.72. The average molecular weight is 195 g/mol. The van der Waals surface area contributed by atoms with Crippen molar-refractivity contribution >= 4 is 5.97 Å². The van der Waals surface area contributed by atoms with Crippen molar-refractivity contribution in [1.82, 2.24) is 0 Å². The fourth-order valence-corrected chi connectivity index (χ4v) is 0.778. The van der Waals surface area contributed by atoms with E-state index in [1.807, 2.05) is 13.8 Å². The molecule has 0 fully saturated rings. The van der Waals surface area contributed by atoms with Gasteiger partial charge in [0.25, 0.3) is 0 Å². The van der Waals surface area contributed by atoms with E-state index in [1.54, 1.807) is 18.2 Å². The zero-order valence-corrected chi connectivity index (χ0v) is 8.53.